The van der Waals surface area contributed by atoms with Gasteiger partial charge >= 0.3 is 0 Å². The SMILES string of the molecule is O.O.c1ccc(B(c2nn[nH]n2)C(c2ccccc2)(c2ccccc2)c2ccccc2)cc1. The van der Waals surface area contributed by atoms with Gasteiger partial charge in [-0.2, -0.15) is 5.21 Å². The summed E-state index contributed by atoms with van der Waals surface area (Å²) < 4.78 is 0. The lowest BCUT2D eigenvalue weighted by atomic mass is 9.25. The summed E-state index contributed by atoms with van der Waals surface area (Å²) in [6.07, 6.45) is 0. The van der Waals surface area contributed by atoms with Crippen LogP contribution in [0.4, 0.5) is 0 Å². The van der Waals surface area contributed by atoms with Crippen LogP contribution in [0.25, 0.3) is 0 Å². The first-order chi connectivity index (χ1) is 15.4. The summed E-state index contributed by atoms with van der Waals surface area (Å²) in [4.78, 5) is 0. The summed E-state index contributed by atoms with van der Waals surface area (Å²) in [7, 11) is 0. The van der Waals surface area contributed by atoms with Gasteiger partial charge in [0.25, 0.3) is 6.71 Å². The van der Waals surface area contributed by atoms with E-state index in [1.165, 1.54) is 16.7 Å². The number of aromatic amines is 1. The van der Waals surface area contributed by atoms with Gasteiger partial charge in [-0.25, -0.2) is 0 Å². The maximum atomic E-state index is 4.49. The van der Waals surface area contributed by atoms with E-state index in [0.717, 1.165) is 5.46 Å². The Morgan fingerprint density at radius 3 is 1.30 bits per heavy atom. The van der Waals surface area contributed by atoms with Crippen molar-refractivity contribution < 1.29 is 11.0 Å². The fourth-order valence-electron chi connectivity index (χ4n) is 4.63. The van der Waals surface area contributed by atoms with Crippen molar-refractivity contribution in [2.24, 2.45) is 0 Å². The molecule has 0 bridgehead atoms. The third-order valence-corrected chi connectivity index (χ3v) is 5.87. The van der Waals surface area contributed by atoms with Crippen LogP contribution in [0.2, 0.25) is 0 Å². The largest absolute Gasteiger partial charge is 0.412 e. The van der Waals surface area contributed by atoms with Gasteiger partial charge in [-0.15, -0.1) is 10.2 Å². The van der Waals surface area contributed by atoms with Crippen LogP contribution in [0.1, 0.15) is 16.7 Å². The number of hydrogen-bond donors (Lipinski definition) is 1. The topological polar surface area (TPSA) is 117 Å². The van der Waals surface area contributed by atoms with E-state index in [0.29, 0.717) is 5.72 Å². The van der Waals surface area contributed by atoms with Crippen LogP contribution in [0, 0.1) is 0 Å². The van der Waals surface area contributed by atoms with Crippen molar-refractivity contribution in [3.8, 4) is 0 Å². The maximum Gasteiger partial charge on any atom is 0.283 e. The van der Waals surface area contributed by atoms with Crippen molar-refractivity contribution in [1.29, 1.82) is 0 Å². The van der Waals surface area contributed by atoms with Crippen molar-refractivity contribution in [1.82, 2.24) is 20.6 Å². The van der Waals surface area contributed by atoms with Crippen LogP contribution >= 0.6 is 0 Å². The molecule has 0 atom stereocenters. The van der Waals surface area contributed by atoms with Crippen molar-refractivity contribution in [2.75, 3.05) is 0 Å². The molecule has 7 heteroatoms. The molecule has 6 nitrogen and oxygen atoms in total. The second kappa shape index (κ2) is 10.5. The number of aromatic nitrogens is 4. The molecule has 33 heavy (non-hydrogen) atoms. The minimum absolute atomic E-state index is 0. The molecule has 0 aliphatic rings. The molecule has 0 saturated carbocycles. The van der Waals surface area contributed by atoms with Gasteiger partial charge in [0, 0.05) is 5.31 Å². The van der Waals surface area contributed by atoms with Crippen LogP contribution in [0.15, 0.2) is 121 Å². The number of tetrazole rings is 1. The van der Waals surface area contributed by atoms with Gasteiger partial charge in [-0.05, 0) is 16.7 Å². The Kier molecular flexibility index (Phi) is 7.51. The summed E-state index contributed by atoms with van der Waals surface area (Å²) in [5.41, 5.74) is 5.30. The van der Waals surface area contributed by atoms with E-state index in [4.69, 9.17) is 0 Å². The normalized spacial score (nSPS) is 10.5. The van der Waals surface area contributed by atoms with Gasteiger partial charge in [-0.1, -0.05) is 132 Å². The fourth-order valence-corrected chi connectivity index (χ4v) is 4.63. The van der Waals surface area contributed by atoms with Crippen molar-refractivity contribution in [3.05, 3.63) is 138 Å². The second-order valence-corrected chi connectivity index (χ2v) is 7.52. The zero-order valence-electron chi connectivity index (χ0n) is 18.0. The number of H-pyrrole nitrogens is 1. The standard InChI is InChI=1S/C26H21BN4.2H2O/c1-5-13-21(14-6-1)26(22-15-7-2-8-16-22,23-17-9-3-10-18-23)27(25-28-30-31-29-25)24-19-11-4-12-20-24;;/h1-20H,(H,28,29,30,31);2*1H2. The van der Waals surface area contributed by atoms with Gasteiger partial charge in [0.2, 0.25) is 0 Å². The molecule has 1 aromatic heterocycles. The molecule has 5 N–H and O–H groups in total. The van der Waals surface area contributed by atoms with Crippen LogP contribution in [0.3, 0.4) is 0 Å². The molecule has 4 aromatic carbocycles. The molecule has 0 fully saturated rings. The van der Waals surface area contributed by atoms with Crippen molar-refractivity contribution >= 4 is 17.9 Å². The van der Waals surface area contributed by atoms with E-state index >= 15 is 0 Å². The fraction of sp³-hybridized carbons (Fsp3) is 0.0385. The van der Waals surface area contributed by atoms with Crippen LogP contribution in [-0.4, -0.2) is 38.3 Å². The van der Waals surface area contributed by atoms with E-state index in [1.807, 2.05) is 6.07 Å². The van der Waals surface area contributed by atoms with Crippen LogP contribution in [-0.2, 0) is 5.31 Å². The highest BCUT2D eigenvalue weighted by Crippen LogP contribution is 2.41. The van der Waals surface area contributed by atoms with E-state index in [9.17, 15) is 0 Å². The average Bonchev–Trinajstić information content (AvgIpc) is 3.39. The molecule has 0 aliphatic carbocycles. The van der Waals surface area contributed by atoms with E-state index in [2.05, 4.69) is 136 Å². The number of benzene rings is 4. The van der Waals surface area contributed by atoms with Gasteiger partial charge in [0.05, 0.1) is 0 Å². The Morgan fingerprint density at radius 1 is 0.545 bits per heavy atom. The lowest BCUT2D eigenvalue weighted by molar-refractivity contribution is 0.823. The second-order valence-electron chi connectivity index (χ2n) is 7.52. The Bertz CT molecular complexity index is 1130. The molecule has 0 radical (unpaired) electrons. The molecule has 5 rings (SSSR count). The molecular weight excluding hydrogens is 411 g/mol. The van der Waals surface area contributed by atoms with Crippen molar-refractivity contribution in [2.45, 2.75) is 5.31 Å². The van der Waals surface area contributed by atoms with E-state index in [-0.39, 0.29) is 17.7 Å². The molecular formula is C26H25BN4O2. The van der Waals surface area contributed by atoms with Crippen molar-refractivity contribution in [3.63, 3.8) is 0 Å². The van der Waals surface area contributed by atoms with Gasteiger partial charge in [0.1, 0.15) is 5.72 Å². The Morgan fingerprint density at radius 2 is 0.939 bits per heavy atom. The molecule has 164 valence electrons. The minimum Gasteiger partial charge on any atom is -0.412 e. The third kappa shape index (κ3) is 4.19. The summed E-state index contributed by atoms with van der Waals surface area (Å²) >= 11 is 0. The monoisotopic (exact) mass is 436 g/mol. The summed E-state index contributed by atoms with van der Waals surface area (Å²) in [5.74, 6) is 0. The van der Waals surface area contributed by atoms with E-state index < -0.39 is 5.31 Å². The predicted molar refractivity (Wildman–Crippen MR) is 132 cm³/mol. The molecule has 0 spiro atoms. The lowest BCUT2D eigenvalue weighted by Crippen LogP contribution is -2.61. The molecule has 0 unspecified atom stereocenters. The predicted octanol–water partition coefficient (Wildman–Crippen LogP) is 1.73. The lowest BCUT2D eigenvalue weighted by Gasteiger charge is -2.40. The Balaban J connectivity index is 0.00000153. The summed E-state index contributed by atoms with van der Waals surface area (Å²) in [5, 5.41) is 15.0. The highest BCUT2D eigenvalue weighted by Gasteiger charge is 2.50. The maximum absolute atomic E-state index is 4.49. The number of hydrogen-bond acceptors (Lipinski definition) is 3. The first-order valence-corrected chi connectivity index (χ1v) is 10.4. The molecule has 5 aromatic rings. The minimum atomic E-state index is -0.561. The van der Waals surface area contributed by atoms with E-state index in [1.54, 1.807) is 0 Å². The zero-order chi connectivity index (χ0) is 20.9. The zero-order valence-corrected chi connectivity index (χ0v) is 18.0. The van der Waals surface area contributed by atoms with Gasteiger partial charge < -0.3 is 11.0 Å². The Labute approximate surface area is 193 Å². The quantitative estimate of drug-likeness (QED) is 0.323. The Hall–Kier alpha value is -4.07. The third-order valence-electron chi connectivity index (χ3n) is 5.87. The average molecular weight is 436 g/mol. The van der Waals surface area contributed by atoms with Crippen LogP contribution < -0.4 is 11.2 Å². The van der Waals surface area contributed by atoms with Gasteiger partial charge in [0.15, 0.2) is 0 Å². The van der Waals surface area contributed by atoms with Crippen LogP contribution in [0.5, 0.6) is 0 Å². The smallest absolute Gasteiger partial charge is 0.283 e. The highest BCUT2D eigenvalue weighted by molar-refractivity contribution is 6.87. The number of nitrogens with zero attached hydrogens (tertiary/aromatic N) is 3. The number of nitrogens with one attached hydrogen (secondary N) is 1. The van der Waals surface area contributed by atoms with Gasteiger partial charge in [-0.3, -0.25) is 0 Å². The summed E-state index contributed by atoms with van der Waals surface area (Å²) in [6, 6.07) is 42.3. The molecule has 0 amide bonds. The summed E-state index contributed by atoms with van der Waals surface area (Å²) in [6.45, 7) is -0.195. The number of rotatable bonds is 6. The molecule has 0 aliphatic heterocycles. The molecule has 1 heterocycles. The first-order valence-electron chi connectivity index (χ1n) is 10.4. The molecule has 0 saturated heterocycles. The highest BCUT2D eigenvalue weighted by atomic mass is 16.0. The first kappa shape index (κ1) is 23.6.